The number of nitrogens with zero attached hydrogens (tertiary/aromatic N) is 2. The van der Waals surface area contributed by atoms with Gasteiger partial charge in [0.1, 0.15) is 17.5 Å². The summed E-state index contributed by atoms with van der Waals surface area (Å²) in [5.74, 6) is 11.6. The van der Waals surface area contributed by atoms with Gasteiger partial charge in [0.15, 0.2) is 0 Å². The number of nitrogen functional groups attached to an aromatic ring is 1. The summed E-state index contributed by atoms with van der Waals surface area (Å²) < 4.78 is 0. The fourth-order valence-corrected chi connectivity index (χ4v) is 3.50. The van der Waals surface area contributed by atoms with E-state index in [0.29, 0.717) is 5.82 Å². The van der Waals surface area contributed by atoms with Crippen LogP contribution in [0.15, 0.2) is 0 Å². The van der Waals surface area contributed by atoms with Crippen molar-refractivity contribution in [2.75, 3.05) is 28.8 Å². The van der Waals surface area contributed by atoms with Crippen LogP contribution in [0.1, 0.15) is 44.0 Å². The smallest absolute Gasteiger partial charge is 0.148 e. The molecule has 1 aliphatic heterocycles. The highest BCUT2D eigenvalue weighted by atomic mass is 32.2. The number of hydrogen-bond donors (Lipinski definition) is 3. The lowest BCUT2D eigenvalue weighted by molar-refractivity contribution is 0.515. The van der Waals surface area contributed by atoms with Gasteiger partial charge in [-0.3, -0.25) is 0 Å². The Balaban J connectivity index is 2.10. The second-order valence-corrected chi connectivity index (χ2v) is 6.86. The van der Waals surface area contributed by atoms with Crippen LogP contribution in [0, 0.1) is 12.8 Å². The van der Waals surface area contributed by atoms with E-state index in [-0.39, 0.29) is 5.92 Å². The van der Waals surface area contributed by atoms with E-state index < -0.39 is 0 Å². The van der Waals surface area contributed by atoms with Gasteiger partial charge in [-0.25, -0.2) is 15.8 Å². The predicted molar refractivity (Wildman–Crippen MR) is 87.2 cm³/mol. The van der Waals surface area contributed by atoms with Gasteiger partial charge < -0.3 is 10.7 Å². The molecule has 1 fully saturated rings. The Labute approximate surface area is 125 Å². The van der Waals surface area contributed by atoms with E-state index in [2.05, 4.69) is 46.3 Å². The maximum atomic E-state index is 5.56. The number of aromatic nitrogens is 2. The first kappa shape index (κ1) is 15.4. The van der Waals surface area contributed by atoms with Gasteiger partial charge in [0, 0.05) is 18.0 Å². The Morgan fingerprint density at radius 1 is 1.25 bits per heavy atom. The maximum absolute atomic E-state index is 5.56. The highest BCUT2D eigenvalue weighted by Crippen LogP contribution is 2.25. The van der Waals surface area contributed by atoms with Gasteiger partial charge in [-0.1, -0.05) is 13.8 Å². The third kappa shape index (κ3) is 3.76. The Morgan fingerprint density at radius 3 is 2.50 bits per heavy atom. The lowest BCUT2D eigenvalue weighted by Crippen LogP contribution is -2.21. The predicted octanol–water partition coefficient (Wildman–Crippen LogP) is 2.75. The largest absolute Gasteiger partial charge is 0.369 e. The molecule has 0 atom stereocenters. The third-order valence-corrected chi connectivity index (χ3v) is 4.76. The molecule has 6 heteroatoms. The summed E-state index contributed by atoms with van der Waals surface area (Å²) in [6, 6.07) is 0. The minimum Gasteiger partial charge on any atom is -0.369 e. The lowest BCUT2D eigenvalue weighted by Gasteiger charge is -2.23. The molecular formula is C14H25N5S. The van der Waals surface area contributed by atoms with Gasteiger partial charge in [-0.2, -0.15) is 11.8 Å². The molecule has 1 saturated heterocycles. The quantitative estimate of drug-likeness (QED) is 0.573. The molecule has 0 amide bonds. The number of anilines is 2. The summed E-state index contributed by atoms with van der Waals surface area (Å²) in [5, 5.41) is 3.50. The number of thioether (sulfide) groups is 1. The second-order valence-electron chi connectivity index (χ2n) is 5.64. The van der Waals surface area contributed by atoms with E-state index in [1.807, 2.05) is 6.92 Å². The molecule has 0 aliphatic carbocycles. The zero-order valence-electron chi connectivity index (χ0n) is 12.6. The molecule has 0 bridgehead atoms. The van der Waals surface area contributed by atoms with Gasteiger partial charge >= 0.3 is 0 Å². The highest BCUT2D eigenvalue weighted by molar-refractivity contribution is 7.99. The van der Waals surface area contributed by atoms with Crippen molar-refractivity contribution < 1.29 is 0 Å². The molecule has 0 aromatic carbocycles. The molecule has 1 aromatic rings. The van der Waals surface area contributed by atoms with E-state index in [1.54, 1.807) is 0 Å². The lowest BCUT2D eigenvalue weighted by atomic mass is 10.0. The van der Waals surface area contributed by atoms with Crippen molar-refractivity contribution in [3.8, 4) is 0 Å². The zero-order valence-corrected chi connectivity index (χ0v) is 13.4. The van der Waals surface area contributed by atoms with Crippen molar-refractivity contribution >= 4 is 23.4 Å². The van der Waals surface area contributed by atoms with Crippen LogP contribution in [0.5, 0.6) is 0 Å². The molecule has 1 aromatic heterocycles. The Morgan fingerprint density at radius 2 is 1.90 bits per heavy atom. The summed E-state index contributed by atoms with van der Waals surface area (Å²) in [4.78, 5) is 9.10. The second kappa shape index (κ2) is 7.13. The van der Waals surface area contributed by atoms with Gasteiger partial charge in [0.05, 0.1) is 0 Å². The maximum Gasteiger partial charge on any atom is 0.148 e. The molecule has 112 valence electrons. The fourth-order valence-electron chi connectivity index (χ4n) is 2.30. The van der Waals surface area contributed by atoms with Crippen molar-refractivity contribution in [1.82, 2.24) is 9.97 Å². The van der Waals surface area contributed by atoms with Crippen LogP contribution in [0.2, 0.25) is 0 Å². The molecule has 0 spiro atoms. The molecular weight excluding hydrogens is 270 g/mol. The zero-order chi connectivity index (χ0) is 14.5. The minimum absolute atomic E-state index is 0.286. The molecule has 1 aliphatic rings. The standard InChI is InChI=1S/C14H25N5S/c1-9(2)12-17-13(10(3)14(18-12)19-15)16-8-11-4-6-20-7-5-11/h9,11H,4-8,15H2,1-3H3,(H2,16,17,18,19). The van der Waals surface area contributed by atoms with Crippen molar-refractivity contribution in [1.29, 1.82) is 0 Å². The minimum atomic E-state index is 0.286. The normalized spacial score (nSPS) is 16.4. The number of nitrogens with one attached hydrogen (secondary N) is 2. The van der Waals surface area contributed by atoms with Crippen molar-refractivity contribution in [3.05, 3.63) is 11.4 Å². The molecule has 0 radical (unpaired) electrons. The number of hydrazine groups is 1. The first-order chi connectivity index (χ1) is 9.61. The van der Waals surface area contributed by atoms with Crippen LogP contribution >= 0.6 is 11.8 Å². The molecule has 0 unspecified atom stereocenters. The third-order valence-electron chi connectivity index (χ3n) is 3.72. The molecule has 2 heterocycles. The van der Waals surface area contributed by atoms with E-state index >= 15 is 0 Å². The molecule has 20 heavy (non-hydrogen) atoms. The van der Waals surface area contributed by atoms with Gasteiger partial charge in [-0.05, 0) is 37.2 Å². The summed E-state index contributed by atoms with van der Waals surface area (Å²) in [6.07, 6.45) is 2.58. The van der Waals surface area contributed by atoms with Crippen molar-refractivity contribution in [2.45, 2.75) is 39.5 Å². The van der Waals surface area contributed by atoms with Gasteiger partial charge in [-0.15, -0.1) is 0 Å². The van der Waals surface area contributed by atoms with Crippen LogP contribution < -0.4 is 16.6 Å². The number of hydrogen-bond acceptors (Lipinski definition) is 6. The van der Waals surface area contributed by atoms with Crippen LogP contribution in [-0.4, -0.2) is 28.0 Å². The molecule has 4 N–H and O–H groups in total. The highest BCUT2D eigenvalue weighted by Gasteiger charge is 2.16. The molecule has 5 nitrogen and oxygen atoms in total. The fraction of sp³-hybridized carbons (Fsp3) is 0.714. The van der Waals surface area contributed by atoms with E-state index in [9.17, 15) is 0 Å². The van der Waals surface area contributed by atoms with Crippen LogP contribution in [0.3, 0.4) is 0 Å². The van der Waals surface area contributed by atoms with Crippen LogP contribution in [0.25, 0.3) is 0 Å². The molecule has 2 rings (SSSR count). The van der Waals surface area contributed by atoms with Gasteiger partial charge in [0.2, 0.25) is 0 Å². The Bertz CT molecular complexity index is 443. The monoisotopic (exact) mass is 295 g/mol. The SMILES string of the molecule is Cc1c(NN)nc(C(C)C)nc1NCC1CCSCC1. The van der Waals surface area contributed by atoms with Gasteiger partial charge in [0.25, 0.3) is 0 Å². The Kier molecular flexibility index (Phi) is 5.48. The molecule has 0 saturated carbocycles. The van der Waals surface area contributed by atoms with Crippen LogP contribution in [-0.2, 0) is 0 Å². The summed E-state index contributed by atoms with van der Waals surface area (Å²) in [6.45, 7) is 7.17. The number of nitrogens with two attached hydrogens (primary N) is 1. The first-order valence-electron chi connectivity index (χ1n) is 7.28. The van der Waals surface area contributed by atoms with E-state index in [1.165, 1.54) is 24.3 Å². The topological polar surface area (TPSA) is 75.9 Å². The van der Waals surface area contributed by atoms with E-state index in [0.717, 1.165) is 29.7 Å². The average Bonchev–Trinajstić information content (AvgIpc) is 2.47. The summed E-state index contributed by atoms with van der Waals surface area (Å²) in [7, 11) is 0. The van der Waals surface area contributed by atoms with Crippen molar-refractivity contribution in [3.63, 3.8) is 0 Å². The number of rotatable bonds is 5. The van der Waals surface area contributed by atoms with Crippen molar-refractivity contribution in [2.24, 2.45) is 11.8 Å². The Hall–Kier alpha value is -1.01. The first-order valence-corrected chi connectivity index (χ1v) is 8.44. The van der Waals surface area contributed by atoms with E-state index in [4.69, 9.17) is 5.84 Å². The summed E-state index contributed by atoms with van der Waals surface area (Å²) >= 11 is 2.06. The van der Waals surface area contributed by atoms with Crippen LogP contribution in [0.4, 0.5) is 11.6 Å². The summed E-state index contributed by atoms with van der Waals surface area (Å²) in [5.41, 5.74) is 3.66. The average molecular weight is 295 g/mol.